The molecule has 2 aromatic rings. The van der Waals surface area contributed by atoms with E-state index in [1.807, 2.05) is 6.92 Å². The van der Waals surface area contributed by atoms with Crippen molar-refractivity contribution in [2.24, 2.45) is 3.77 Å². The Morgan fingerprint density at radius 2 is 1.61 bits per heavy atom. The molecule has 1 N–H and O–H groups in total. The Labute approximate surface area is 138 Å². The Bertz CT molecular complexity index is 840. The molecule has 0 heterocycles. The third-order valence-electron chi connectivity index (χ3n) is 3.04. The SMILES string of the molecule is CC(=O)Nc1ccc(/S(C)=N/S(=O)(=O)c2ccc(C)cc2)cc1. The van der Waals surface area contributed by atoms with Crippen LogP contribution in [0.4, 0.5) is 5.69 Å². The molecule has 0 aliphatic carbocycles. The van der Waals surface area contributed by atoms with Crippen molar-refractivity contribution in [3.8, 4) is 0 Å². The molecule has 122 valence electrons. The van der Waals surface area contributed by atoms with Gasteiger partial charge in [-0.25, -0.2) is 0 Å². The first kappa shape index (κ1) is 17.4. The number of hydrogen-bond acceptors (Lipinski definition) is 3. The first-order valence-corrected chi connectivity index (χ1v) is 9.89. The van der Waals surface area contributed by atoms with Crippen LogP contribution in [0.15, 0.2) is 62.1 Å². The van der Waals surface area contributed by atoms with Crippen LogP contribution in [-0.4, -0.2) is 20.6 Å². The van der Waals surface area contributed by atoms with Gasteiger partial charge in [0.15, 0.2) is 0 Å². The molecule has 0 fully saturated rings. The molecule has 0 aliphatic rings. The molecule has 0 bridgehead atoms. The Hall–Kier alpha value is -1.99. The summed E-state index contributed by atoms with van der Waals surface area (Å²) in [5.41, 5.74) is 1.66. The molecule has 0 aromatic heterocycles. The molecule has 2 aromatic carbocycles. The molecule has 2 rings (SSSR count). The van der Waals surface area contributed by atoms with Crippen LogP contribution in [0.5, 0.6) is 0 Å². The summed E-state index contributed by atoms with van der Waals surface area (Å²) in [6, 6.07) is 13.6. The van der Waals surface area contributed by atoms with Gasteiger partial charge in [0, 0.05) is 17.5 Å². The highest BCUT2D eigenvalue weighted by atomic mass is 32.3. The largest absolute Gasteiger partial charge is 0.326 e. The number of aryl methyl sites for hydroxylation is 1. The predicted octanol–water partition coefficient (Wildman–Crippen LogP) is 3.13. The number of nitrogens with zero attached hydrogens (tertiary/aromatic N) is 1. The second kappa shape index (κ2) is 7.06. The van der Waals surface area contributed by atoms with E-state index in [4.69, 9.17) is 0 Å². The summed E-state index contributed by atoms with van der Waals surface area (Å²) in [7, 11) is -4.49. The highest BCUT2D eigenvalue weighted by Gasteiger charge is 2.13. The standard InChI is InChI=1S/C16H18N2O3S2/c1-12-4-10-16(11-5-12)23(20,21)18-22(3)15-8-6-14(7-9-15)17-13(2)19/h4-11H,1-3H3,(H,17,19). The number of sulfonamides is 1. The lowest BCUT2D eigenvalue weighted by Gasteiger charge is -2.06. The molecule has 23 heavy (non-hydrogen) atoms. The van der Waals surface area contributed by atoms with Gasteiger partial charge in [-0.1, -0.05) is 28.4 Å². The van der Waals surface area contributed by atoms with Crippen LogP contribution in [0.25, 0.3) is 0 Å². The fourth-order valence-corrected chi connectivity index (χ4v) is 4.76. The number of benzene rings is 2. The van der Waals surface area contributed by atoms with E-state index in [-0.39, 0.29) is 10.8 Å². The lowest BCUT2D eigenvalue weighted by atomic mass is 10.2. The molecule has 0 aliphatic heterocycles. The molecule has 1 amide bonds. The van der Waals surface area contributed by atoms with Gasteiger partial charge in [0.1, 0.15) is 0 Å². The minimum absolute atomic E-state index is 0.153. The Balaban J connectivity index is 2.27. The lowest BCUT2D eigenvalue weighted by molar-refractivity contribution is -0.114. The molecule has 0 spiro atoms. The summed E-state index contributed by atoms with van der Waals surface area (Å²) >= 11 is 0. The molecular weight excluding hydrogens is 332 g/mol. The third kappa shape index (κ3) is 4.74. The van der Waals surface area contributed by atoms with Crippen LogP contribution in [0, 0.1) is 6.92 Å². The maximum atomic E-state index is 12.3. The minimum Gasteiger partial charge on any atom is -0.326 e. The fourth-order valence-electron chi connectivity index (χ4n) is 1.88. The summed E-state index contributed by atoms with van der Waals surface area (Å²) in [5.74, 6) is -0.153. The summed E-state index contributed by atoms with van der Waals surface area (Å²) in [6.45, 7) is 3.33. The number of amides is 1. The van der Waals surface area contributed by atoms with Crippen molar-refractivity contribution in [2.45, 2.75) is 23.6 Å². The highest BCUT2D eigenvalue weighted by molar-refractivity contribution is 7.99. The van der Waals surface area contributed by atoms with Crippen molar-refractivity contribution < 1.29 is 13.2 Å². The van der Waals surface area contributed by atoms with Crippen LogP contribution in [0.1, 0.15) is 12.5 Å². The number of anilines is 1. The van der Waals surface area contributed by atoms with Crippen molar-refractivity contribution in [1.82, 2.24) is 0 Å². The van der Waals surface area contributed by atoms with Crippen LogP contribution >= 0.6 is 0 Å². The van der Waals surface area contributed by atoms with Crippen molar-refractivity contribution in [2.75, 3.05) is 11.6 Å². The first-order valence-electron chi connectivity index (χ1n) is 6.86. The predicted molar refractivity (Wildman–Crippen MR) is 93.1 cm³/mol. The van der Waals surface area contributed by atoms with Crippen molar-refractivity contribution in [1.29, 1.82) is 0 Å². The van der Waals surface area contributed by atoms with E-state index in [1.54, 1.807) is 54.8 Å². The highest BCUT2D eigenvalue weighted by Crippen LogP contribution is 2.18. The molecule has 5 nitrogen and oxygen atoms in total. The normalized spacial score (nSPS) is 12.8. The molecule has 0 radical (unpaired) electrons. The smallest absolute Gasteiger partial charge is 0.288 e. The van der Waals surface area contributed by atoms with Gasteiger partial charge >= 0.3 is 0 Å². The summed E-state index contributed by atoms with van der Waals surface area (Å²) in [6.07, 6.45) is 1.75. The second-order valence-electron chi connectivity index (χ2n) is 5.05. The molecule has 0 saturated heterocycles. The van der Waals surface area contributed by atoms with E-state index >= 15 is 0 Å². The number of carbonyl (C=O) groups excluding carboxylic acids is 1. The van der Waals surface area contributed by atoms with E-state index in [0.717, 1.165) is 10.5 Å². The molecule has 1 atom stereocenters. The van der Waals surface area contributed by atoms with E-state index in [9.17, 15) is 13.2 Å². The third-order valence-corrected chi connectivity index (χ3v) is 6.55. The van der Waals surface area contributed by atoms with Gasteiger partial charge in [0.05, 0.1) is 4.90 Å². The number of carbonyl (C=O) groups is 1. The zero-order chi connectivity index (χ0) is 17.0. The van der Waals surface area contributed by atoms with Crippen molar-refractivity contribution in [3.05, 3.63) is 54.1 Å². The minimum atomic E-state index is -3.69. The topological polar surface area (TPSA) is 75.6 Å². The molecular formula is C16H18N2O3S2. The van der Waals surface area contributed by atoms with E-state index in [2.05, 4.69) is 9.08 Å². The van der Waals surface area contributed by atoms with Gasteiger partial charge in [-0.05, 0) is 49.6 Å². The number of hydrogen-bond donors (Lipinski definition) is 1. The first-order chi connectivity index (χ1) is 10.8. The number of nitrogens with one attached hydrogen (secondary N) is 1. The van der Waals surface area contributed by atoms with Crippen molar-refractivity contribution in [3.63, 3.8) is 0 Å². The maximum Gasteiger partial charge on any atom is 0.288 e. The average Bonchev–Trinajstić information content (AvgIpc) is 2.47. The van der Waals surface area contributed by atoms with Gasteiger partial charge in [-0.15, -0.1) is 3.77 Å². The Morgan fingerprint density at radius 1 is 1.04 bits per heavy atom. The van der Waals surface area contributed by atoms with Gasteiger partial charge < -0.3 is 5.32 Å². The van der Waals surface area contributed by atoms with Crippen LogP contribution in [0.2, 0.25) is 0 Å². The zero-order valence-corrected chi connectivity index (χ0v) is 14.7. The van der Waals surface area contributed by atoms with E-state index in [1.165, 1.54) is 6.92 Å². The zero-order valence-electron chi connectivity index (χ0n) is 13.1. The van der Waals surface area contributed by atoms with Crippen LogP contribution in [0.3, 0.4) is 0 Å². The summed E-state index contributed by atoms with van der Waals surface area (Å²) in [5, 5.41) is 2.67. The van der Waals surface area contributed by atoms with Crippen LogP contribution in [-0.2, 0) is 25.5 Å². The van der Waals surface area contributed by atoms with Gasteiger partial charge in [-0.2, -0.15) is 8.42 Å². The van der Waals surface area contributed by atoms with Gasteiger partial charge in [-0.3, -0.25) is 4.79 Å². The molecule has 0 saturated carbocycles. The number of rotatable bonds is 4. The second-order valence-corrected chi connectivity index (χ2v) is 8.49. The van der Waals surface area contributed by atoms with Gasteiger partial charge in [0.25, 0.3) is 10.0 Å². The molecule has 1 unspecified atom stereocenters. The average molecular weight is 350 g/mol. The Kier molecular flexibility index (Phi) is 5.33. The monoisotopic (exact) mass is 350 g/mol. The maximum absolute atomic E-state index is 12.3. The van der Waals surface area contributed by atoms with Crippen molar-refractivity contribution >= 4 is 32.3 Å². The molecule has 7 heteroatoms. The van der Waals surface area contributed by atoms with Crippen LogP contribution < -0.4 is 5.32 Å². The quantitative estimate of drug-likeness (QED) is 0.920. The van der Waals surface area contributed by atoms with E-state index in [0.29, 0.717) is 5.69 Å². The Morgan fingerprint density at radius 3 is 2.13 bits per heavy atom. The fraction of sp³-hybridized carbons (Fsp3) is 0.188. The summed E-state index contributed by atoms with van der Waals surface area (Å²) < 4.78 is 28.6. The summed E-state index contributed by atoms with van der Waals surface area (Å²) in [4.78, 5) is 12.0. The van der Waals surface area contributed by atoms with E-state index < -0.39 is 20.7 Å². The lowest BCUT2D eigenvalue weighted by Crippen LogP contribution is -2.05. The van der Waals surface area contributed by atoms with Gasteiger partial charge in [0.2, 0.25) is 5.91 Å².